The van der Waals surface area contributed by atoms with Crippen molar-refractivity contribution in [1.29, 1.82) is 0 Å². The van der Waals surface area contributed by atoms with Crippen LogP contribution in [0.2, 0.25) is 5.02 Å². The van der Waals surface area contributed by atoms with E-state index < -0.39 is 0 Å². The molecule has 1 amide bonds. The number of nitrogens with one attached hydrogen (secondary N) is 1. The maximum Gasteiger partial charge on any atom is 0.253 e. The first-order valence-corrected chi connectivity index (χ1v) is 8.32. The molecule has 5 nitrogen and oxygen atoms in total. The van der Waals surface area contributed by atoms with Gasteiger partial charge in [-0.2, -0.15) is 0 Å². The zero-order chi connectivity index (χ0) is 16.6. The van der Waals surface area contributed by atoms with Gasteiger partial charge in [0.15, 0.2) is 0 Å². The third kappa shape index (κ3) is 3.24. The molecule has 0 bridgehead atoms. The van der Waals surface area contributed by atoms with Gasteiger partial charge in [0.05, 0.1) is 10.6 Å². The Labute approximate surface area is 141 Å². The molecule has 1 atom stereocenters. The summed E-state index contributed by atoms with van der Waals surface area (Å²) in [4.78, 5) is 12.5. The Morgan fingerprint density at radius 2 is 2.17 bits per heavy atom. The van der Waals surface area contributed by atoms with Crippen molar-refractivity contribution in [1.82, 2.24) is 20.1 Å². The van der Waals surface area contributed by atoms with Gasteiger partial charge in [-0.1, -0.05) is 31.5 Å². The first-order valence-electron chi connectivity index (χ1n) is 7.94. The maximum atomic E-state index is 12.5. The molecule has 6 heteroatoms. The number of rotatable bonds is 3. The molecule has 0 saturated carbocycles. The average molecular weight is 333 g/mol. The molecule has 2 aromatic rings. The minimum atomic E-state index is -0.123. The fourth-order valence-electron chi connectivity index (χ4n) is 2.96. The highest BCUT2D eigenvalue weighted by atomic mass is 35.5. The summed E-state index contributed by atoms with van der Waals surface area (Å²) < 4.78 is 2.13. The van der Waals surface area contributed by atoms with Gasteiger partial charge < -0.3 is 9.88 Å². The first kappa shape index (κ1) is 16.0. The van der Waals surface area contributed by atoms with Crippen molar-refractivity contribution in [2.45, 2.75) is 52.1 Å². The molecule has 1 aromatic heterocycles. The Bertz CT molecular complexity index is 738. The van der Waals surface area contributed by atoms with E-state index in [9.17, 15) is 4.79 Å². The molecule has 0 fully saturated rings. The Kier molecular flexibility index (Phi) is 4.39. The summed E-state index contributed by atoms with van der Waals surface area (Å²) in [5, 5.41) is 12.1. The van der Waals surface area contributed by atoms with Crippen molar-refractivity contribution in [3.05, 3.63) is 46.0 Å². The SMILES string of the molecule is Cc1ccc(C(=O)NC2CCc3nnc(C(C)C)n3C2)c(Cl)c1. The highest BCUT2D eigenvalue weighted by Crippen LogP contribution is 2.21. The van der Waals surface area contributed by atoms with Crippen molar-refractivity contribution in [2.75, 3.05) is 0 Å². The van der Waals surface area contributed by atoms with Gasteiger partial charge in [-0.3, -0.25) is 4.79 Å². The normalized spacial score (nSPS) is 17.2. The van der Waals surface area contributed by atoms with Gasteiger partial charge >= 0.3 is 0 Å². The van der Waals surface area contributed by atoms with Crippen LogP contribution in [0.1, 0.15) is 53.8 Å². The van der Waals surface area contributed by atoms with Gasteiger partial charge in [0.25, 0.3) is 5.91 Å². The lowest BCUT2D eigenvalue weighted by Crippen LogP contribution is -2.41. The van der Waals surface area contributed by atoms with Gasteiger partial charge in [-0.15, -0.1) is 10.2 Å². The van der Waals surface area contributed by atoms with E-state index >= 15 is 0 Å². The average Bonchev–Trinajstić information content (AvgIpc) is 2.90. The van der Waals surface area contributed by atoms with Crippen LogP contribution in [0.25, 0.3) is 0 Å². The van der Waals surface area contributed by atoms with Crippen molar-refractivity contribution in [2.24, 2.45) is 0 Å². The number of carbonyl (C=O) groups excluding carboxylic acids is 1. The van der Waals surface area contributed by atoms with E-state index in [1.165, 1.54) is 0 Å². The summed E-state index contributed by atoms with van der Waals surface area (Å²) in [5.41, 5.74) is 1.57. The molecule has 0 saturated heterocycles. The number of carbonyl (C=O) groups is 1. The summed E-state index contributed by atoms with van der Waals surface area (Å²) in [6, 6.07) is 5.56. The number of aryl methyl sites for hydroxylation is 2. The summed E-state index contributed by atoms with van der Waals surface area (Å²) in [6.07, 6.45) is 1.69. The number of amides is 1. The van der Waals surface area contributed by atoms with Crippen LogP contribution >= 0.6 is 11.6 Å². The molecule has 1 aliphatic rings. The van der Waals surface area contributed by atoms with Gasteiger partial charge in [0.1, 0.15) is 11.6 Å². The summed E-state index contributed by atoms with van der Waals surface area (Å²) >= 11 is 6.19. The van der Waals surface area contributed by atoms with Crippen LogP contribution in [0.5, 0.6) is 0 Å². The number of aromatic nitrogens is 3. The number of hydrogen-bond acceptors (Lipinski definition) is 3. The van der Waals surface area contributed by atoms with Crippen molar-refractivity contribution >= 4 is 17.5 Å². The van der Waals surface area contributed by atoms with Crippen molar-refractivity contribution in [3.8, 4) is 0 Å². The van der Waals surface area contributed by atoms with E-state index in [-0.39, 0.29) is 11.9 Å². The minimum Gasteiger partial charge on any atom is -0.347 e. The quantitative estimate of drug-likeness (QED) is 0.939. The molecule has 0 radical (unpaired) electrons. The number of nitrogens with zero attached hydrogens (tertiary/aromatic N) is 3. The lowest BCUT2D eigenvalue weighted by atomic mass is 10.0. The Morgan fingerprint density at radius 1 is 1.39 bits per heavy atom. The first-order chi connectivity index (χ1) is 11.0. The summed E-state index contributed by atoms with van der Waals surface area (Å²) in [5.74, 6) is 2.18. The molecule has 0 aliphatic carbocycles. The molecule has 1 aliphatic heterocycles. The number of halogens is 1. The molecule has 0 spiro atoms. The molecule has 1 aromatic carbocycles. The number of hydrogen-bond donors (Lipinski definition) is 1. The van der Waals surface area contributed by atoms with Crippen LogP contribution in [-0.2, 0) is 13.0 Å². The Balaban J connectivity index is 1.74. The fourth-order valence-corrected chi connectivity index (χ4v) is 3.28. The predicted molar refractivity (Wildman–Crippen MR) is 89.9 cm³/mol. The van der Waals surface area contributed by atoms with Crippen molar-refractivity contribution in [3.63, 3.8) is 0 Å². The largest absolute Gasteiger partial charge is 0.347 e. The van der Waals surface area contributed by atoms with E-state index in [0.29, 0.717) is 23.0 Å². The third-order valence-corrected chi connectivity index (χ3v) is 4.51. The van der Waals surface area contributed by atoms with E-state index in [1.54, 1.807) is 6.07 Å². The van der Waals surface area contributed by atoms with Crippen LogP contribution in [0.4, 0.5) is 0 Å². The van der Waals surface area contributed by atoms with Gasteiger partial charge in [0, 0.05) is 24.9 Å². The zero-order valence-corrected chi connectivity index (χ0v) is 14.4. The minimum absolute atomic E-state index is 0.0702. The van der Waals surface area contributed by atoms with Gasteiger partial charge in [0.2, 0.25) is 0 Å². The van der Waals surface area contributed by atoms with Crippen LogP contribution in [0, 0.1) is 6.92 Å². The Hall–Kier alpha value is -1.88. The van der Waals surface area contributed by atoms with Crippen LogP contribution in [0.3, 0.4) is 0 Å². The van der Waals surface area contributed by atoms with Crippen LogP contribution < -0.4 is 5.32 Å². The molecular formula is C17H21ClN4O. The van der Waals surface area contributed by atoms with E-state index in [0.717, 1.165) is 30.1 Å². The maximum absolute atomic E-state index is 12.5. The van der Waals surface area contributed by atoms with E-state index in [4.69, 9.17) is 11.6 Å². The van der Waals surface area contributed by atoms with Crippen LogP contribution in [0.15, 0.2) is 18.2 Å². The molecule has 23 heavy (non-hydrogen) atoms. The van der Waals surface area contributed by atoms with Gasteiger partial charge in [-0.05, 0) is 31.0 Å². The molecular weight excluding hydrogens is 312 g/mol. The lowest BCUT2D eigenvalue weighted by Gasteiger charge is -2.26. The van der Waals surface area contributed by atoms with Gasteiger partial charge in [-0.25, -0.2) is 0 Å². The summed E-state index contributed by atoms with van der Waals surface area (Å²) in [7, 11) is 0. The van der Waals surface area contributed by atoms with E-state index in [1.807, 2.05) is 19.1 Å². The molecule has 1 unspecified atom stereocenters. The second kappa shape index (κ2) is 6.32. The highest BCUT2D eigenvalue weighted by molar-refractivity contribution is 6.33. The zero-order valence-electron chi connectivity index (χ0n) is 13.6. The monoisotopic (exact) mass is 332 g/mol. The standard InChI is InChI=1S/C17H21ClN4O/c1-10(2)16-21-20-15-7-5-12(9-22(15)16)19-17(23)13-6-4-11(3)8-14(13)18/h4,6,8,10,12H,5,7,9H2,1-3H3,(H,19,23). The fraction of sp³-hybridized carbons (Fsp3) is 0.471. The smallest absolute Gasteiger partial charge is 0.253 e. The molecule has 1 N–H and O–H groups in total. The second-order valence-corrected chi connectivity index (χ2v) is 6.84. The topological polar surface area (TPSA) is 59.8 Å². The molecule has 2 heterocycles. The molecule has 3 rings (SSSR count). The lowest BCUT2D eigenvalue weighted by molar-refractivity contribution is 0.0927. The highest BCUT2D eigenvalue weighted by Gasteiger charge is 2.25. The second-order valence-electron chi connectivity index (χ2n) is 6.43. The van der Waals surface area contributed by atoms with Crippen molar-refractivity contribution < 1.29 is 4.79 Å². The van der Waals surface area contributed by atoms with Crippen LogP contribution in [-0.4, -0.2) is 26.7 Å². The molecule has 122 valence electrons. The van der Waals surface area contributed by atoms with E-state index in [2.05, 4.69) is 33.9 Å². The predicted octanol–water partition coefficient (Wildman–Crippen LogP) is 3.11. The number of fused-ring (bicyclic) bond motifs is 1. The number of benzene rings is 1. The summed E-state index contributed by atoms with van der Waals surface area (Å²) in [6.45, 7) is 6.87. The third-order valence-electron chi connectivity index (χ3n) is 4.20. The Morgan fingerprint density at radius 3 is 2.87 bits per heavy atom.